The van der Waals surface area contributed by atoms with Crippen molar-refractivity contribution in [1.29, 1.82) is 0 Å². The molecule has 6 nitrogen and oxygen atoms in total. The zero-order valence-electron chi connectivity index (χ0n) is 11.4. The molecule has 1 fully saturated rings. The number of carbonyl (C=O) groups excluding carboxylic acids is 2. The molecule has 0 radical (unpaired) electrons. The van der Waals surface area contributed by atoms with Crippen LogP contribution in [0.3, 0.4) is 0 Å². The summed E-state index contributed by atoms with van der Waals surface area (Å²) in [5.74, 6) is -0.861. The van der Waals surface area contributed by atoms with Crippen LogP contribution in [0.15, 0.2) is 29.9 Å². The zero-order chi connectivity index (χ0) is 14.8. The number of aromatic nitrogens is 2. The van der Waals surface area contributed by atoms with E-state index in [1.807, 2.05) is 17.5 Å². The van der Waals surface area contributed by atoms with E-state index in [0.717, 1.165) is 11.3 Å². The van der Waals surface area contributed by atoms with Crippen LogP contribution in [0.1, 0.15) is 6.42 Å². The van der Waals surface area contributed by atoms with Crippen LogP contribution in [-0.4, -0.2) is 35.5 Å². The Bertz CT molecular complexity index is 671. The Hall–Kier alpha value is -2.28. The smallest absolute Gasteiger partial charge is 0.311 e. The molecule has 0 N–H and O–H groups in total. The molecule has 1 unspecified atom stereocenters. The predicted octanol–water partition coefficient (Wildman–Crippen LogP) is 1.73. The number of thiazole rings is 1. The van der Waals surface area contributed by atoms with Crippen molar-refractivity contribution in [3.8, 4) is 11.3 Å². The predicted molar refractivity (Wildman–Crippen MR) is 77.8 cm³/mol. The molecular weight excluding hydrogens is 290 g/mol. The summed E-state index contributed by atoms with van der Waals surface area (Å²) in [5.41, 5.74) is 1.67. The van der Waals surface area contributed by atoms with Crippen LogP contribution in [0.2, 0.25) is 0 Å². The van der Waals surface area contributed by atoms with Crippen LogP contribution in [0, 0.1) is 5.92 Å². The number of nitrogens with zero attached hydrogens (tertiary/aromatic N) is 3. The third kappa shape index (κ3) is 2.64. The van der Waals surface area contributed by atoms with Crippen LogP contribution in [-0.2, 0) is 14.3 Å². The molecule has 1 amide bonds. The van der Waals surface area contributed by atoms with E-state index < -0.39 is 5.92 Å². The largest absolute Gasteiger partial charge is 0.469 e. The molecule has 1 aliphatic heterocycles. The van der Waals surface area contributed by atoms with Crippen molar-refractivity contribution in [2.24, 2.45) is 5.92 Å². The van der Waals surface area contributed by atoms with E-state index in [-0.39, 0.29) is 18.3 Å². The summed E-state index contributed by atoms with van der Waals surface area (Å²) in [6.07, 6.45) is 3.60. The summed E-state index contributed by atoms with van der Waals surface area (Å²) >= 11 is 1.38. The molecule has 0 aromatic carbocycles. The van der Waals surface area contributed by atoms with E-state index >= 15 is 0 Å². The first-order valence-corrected chi connectivity index (χ1v) is 7.31. The maximum Gasteiger partial charge on any atom is 0.311 e. The minimum Gasteiger partial charge on any atom is -0.469 e. The zero-order valence-corrected chi connectivity index (χ0v) is 12.2. The minimum absolute atomic E-state index is 0.0995. The normalized spacial score (nSPS) is 18.0. The average molecular weight is 303 g/mol. The maximum absolute atomic E-state index is 12.0. The minimum atomic E-state index is -0.409. The van der Waals surface area contributed by atoms with E-state index in [9.17, 15) is 9.59 Å². The van der Waals surface area contributed by atoms with Crippen LogP contribution in [0.4, 0.5) is 5.13 Å². The molecule has 1 atom stereocenters. The molecule has 1 saturated heterocycles. The molecule has 2 aromatic rings. The lowest BCUT2D eigenvalue weighted by molar-refractivity contribution is -0.145. The van der Waals surface area contributed by atoms with Gasteiger partial charge in [-0.15, -0.1) is 11.3 Å². The van der Waals surface area contributed by atoms with Gasteiger partial charge >= 0.3 is 5.97 Å². The van der Waals surface area contributed by atoms with Crippen LogP contribution in [0.5, 0.6) is 0 Å². The lowest BCUT2D eigenvalue weighted by atomic mass is 10.1. The highest BCUT2D eigenvalue weighted by molar-refractivity contribution is 7.14. The van der Waals surface area contributed by atoms with E-state index in [4.69, 9.17) is 4.74 Å². The first-order chi connectivity index (χ1) is 10.2. The highest BCUT2D eigenvalue weighted by Gasteiger charge is 2.37. The van der Waals surface area contributed by atoms with Crippen molar-refractivity contribution in [3.05, 3.63) is 29.9 Å². The Morgan fingerprint density at radius 2 is 2.38 bits per heavy atom. The fourth-order valence-corrected chi connectivity index (χ4v) is 3.11. The number of esters is 1. The Kier molecular flexibility index (Phi) is 3.66. The number of methoxy groups -OCH3 is 1. The number of carbonyl (C=O) groups is 2. The number of anilines is 1. The Morgan fingerprint density at radius 3 is 3.10 bits per heavy atom. The monoisotopic (exact) mass is 303 g/mol. The second kappa shape index (κ2) is 5.61. The van der Waals surface area contributed by atoms with Gasteiger partial charge in [-0.1, -0.05) is 0 Å². The van der Waals surface area contributed by atoms with Crippen molar-refractivity contribution >= 4 is 28.3 Å². The number of ether oxygens (including phenoxy) is 1. The van der Waals surface area contributed by atoms with Gasteiger partial charge in [0.25, 0.3) is 0 Å². The Balaban J connectivity index is 1.81. The van der Waals surface area contributed by atoms with Crippen molar-refractivity contribution in [2.45, 2.75) is 6.42 Å². The third-order valence-corrected chi connectivity index (χ3v) is 4.20. The van der Waals surface area contributed by atoms with Gasteiger partial charge in [-0.2, -0.15) is 0 Å². The SMILES string of the molecule is COC(=O)C1CC(=O)N(c2nc(-c3cccnc3)cs2)C1. The van der Waals surface area contributed by atoms with E-state index in [0.29, 0.717) is 11.7 Å². The molecular formula is C14H13N3O3S. The molecule has 21 heavy (non-hydrogen) atoms. The number of hydrogen-bond acceptors (Lipinski definition) is 6. The second-order valence-corrected chi connectivity index (χ2v) is 5.52. The molecule has 3 heterocycles. The van der Waals surface area contributed by atoms with Gasteiger partial charge in [0.2, 0.25) is 5.91 Å². The highest BCUT2D eigenvalue weighted by Crippen LogP contribution is 2.31. The van der Waals surface area contributed by atoms with E-state index in [1.54, 1.807) is 17.3 Å². The Labute approximate surface area is 125 Å². The molecule has 2 aromatic heterocycles. The van der Waals surface area contributed by atoms with Crippen molar-refractivity contribution in [2.75, 3.05) is 18.6 Å². The van der Waals surface area contributed by atoms with Gasteiger partial charge in [0.05, 0.1) is 18.7 Å². The Morgan fingerprint density at radius 1 is 1.52 bits per heavy atom. The molecule has 0 aliphatic carbocycles. The van der Waals surface area contributed by atoms with Gasteiger partial charge < -0.3 is 4.74 Å². The molecule has 0 spiro atoms. The number of pyridine rings is 1. The summed E-state index contributed by atoms with van der Waals surface area (Å²) in [6.45, 7) is 0.325. The molecule has 7 heteroatoms. The van der Waals surface area contributed by atoms with Crippen molar-refractivity contribution in [3.63, 3.8) is 0 Å². The van der Waals surface area contributed by atoms with Gasteiger partial charge in [0.1, 0.15) is 0 Å². The van der Waals surface area contributed by atoms with Crippen LogP contribution in [0.25, 0.3) is 11.3 Å². The fraction of sp³-hybridized carbons (Fsp3) is 0.286. The molecule has 3 rings (SSSR count). The molecule has 108 valence electrons. The van der Waals surface area contributed by atoms with Gasteiger partial charge in [-0.25, -0.2) is 4.98 Å². The summed E-state index contributed by atoms with van der Waals surface area (Å²) in [5, 5.41) is 2.48. The van der Waals surface area contributed by atoms with Gasteiger partial charge in [-0.05, 0) is 12.1 Å². The van der Waals surface area contributed by atoms with Crippen molar-refractivity contribution < 1.29 is 14.3 Å². The number of hydrogen-bond donors (Lipinski definition) is 0. The summed E-state index contributed by atoms with van der Waals surface area (Å²) in [7, 11) is 1.33. The van der Waals surface area contributed by atoms with Crippen molar-refractivity contribution in [1.82, 2.24) is 9.97 Å². The molecule has 0 bridgehead atoms. The standard InChI is InChI=1S/C14H13N3O3S/c1-20-13(19)10-5-12(18)17(7-10)14-16-11(8-21-14)9-3-2-4-15-6-9/h2-4,6,8,10H,5,7H2,1H3. The number of amides is 1. The highest BCUT2D eigenvalue weighted by atomic mass is 32.1. The second-order valence-electron chi connectivity index (χ2n) is 4.69. The van der Waals surface area contributed by atoms with Gasteiger partial charge in [-0.3, -0.25) is 19.5 Å². The van der Waals surface area contributed by atoms with Crippen LogP contribution < -0.4 is 4.90 Å². The first kappa shape index (κ1) is 13.7. The van der Waals surface area contributed by atoms with Gasteiger partial charge in [0, 0.05) is 36.3 Å². The third-order valence-electron chi connectivity index (χ3n) is 3.34. The van der Waals surface area contributed by atoms with E-state index in [2.05, 4.69) is 9.97 Å². The summed E-state index contributed by atoms with van der Waals surface area (Å²) in [6, 6.07) is 3.75. The average Bonchev–Trinajstić information content (AvgIpc) is 3.14. The van der Waals surface area contributed by atoms with Crippen LogP contribution >= 0.6 is 11.3 Å². The fourth-order valence-electron chi connectivity index (χ4n) is 2.25. The lowest BCUT2D eigenvalue weighted by Crippen LogP contribution is -2.26. The van der Waals surface area contributed by atoms with Gasteiger partial charge in [0.15, 0.2) is 5.13 Å². The maximum atomic E-state index is 12.0. The molecule has 1 aliphatic rings. The topological polar surface area (TPSA) is 72.4 Å². The number of rotatable bonds is 3. The lowest BCUT2D eigenvalue weighted by Gasteiger charge is -2.11. The molecule has 0 saturated carbocycles. The van der Waals surface area contributed by atoms with E-state index in [1.165, 1.54) is 18.4 Å². The summed E-state index contributed by atoms with van der Waals surface area (Å²) < 4.78 is 4.70. The quantitative estimate of drug-likeness (QED) is 0.807. The summed E-state index contributed by atoms with van der Waals surface area (Å²) in [4.78, 5) is 33.6. The first-order valence-electron chi connectivity index (χ1n) is 6.43.